The van der Waals surface area contributed by atoms with Crippen LogP contribution >= 0.6 is 0 Å². The summed E-state index contributed by atoms with van der Waals surface area (Å²) >= 11 is 0. The zero-order chi connectivity index (χ0) is 16.5. The molecule has 0 fully saturated rings. The van der Waals surface area contributed by atoms with E-state index in [1.807, 2.05) is 0 Å². The summed E-state index contributed by atoms with van der Waals surface area (Å²) in [5, 5.41) is 34.5. The fraction of sp³-hybridized carbons (Fsp3) is 0.286. The lowest BCUT2D eigenvalue weighted by Gasteiger charge is -2.25. The van der Waals surface area contributed by atoms with Gasteiger partial charge in [-0.05, 0) is 0 Å². The first-order chi connectivity index (χ1) is 9.54. The molecule has 0 radical (unpaired) electrons. The molecule has 114 valence electrons. The first-order valence-corrected chi connectivity index (χ1v) is 5.03. The Balaban J connectivity index is 3.71. The minimum Gasteiger partial charge on any atom is -0.396 e. The third-order valence-electron chi connectivity index (χ3n) is 2.62. The van der Waals surface area contributed by atoms with Crippen molar-refractivity contribution in [2.45, 2.75) is 11.7 Å². The predicted octanol–water partition coefficient (Wildman–Crippen LogP) is -2.42. The monoisotopic (exact) mass is 303 g/mol. The molecule has 1 aliphatic carbocycles. The molecule has 0 spiro atoms. The van der Waals surface area contributed by atoms with Gasteiger partial charge in [0, 0.05) is 4.92 Å². The van der Waals surface area contributed by atoms with Gasteiger partial charge in [-0.15, -0.1) is 0 Å². The van der Waals surface area contributed by atoms with E-state index in [2.05, 4.69) is 0 Å². The highest BCUT2D eigenvalue weighted by Crippen LogP contribution is 2.31. The smallest absolute Gasteiger partial charge is 0.396 e. The van der Waals surface area contributed by atoms with Gasteiger partial charge in [-0.2, -0.15) is 0 Å². The van der Waals surface area contributed by atoms with E-state index in [1.54, 1.807) is 0 Å². The van der Waals surface area contributed by atoms with Crippen molar-refractivity contribution in [1.82, 2.24) is 5.32 Å². The predicted molar refractivity (Wildman–Crippen MR) is 63.7 cm³/mol. The van der Waals surface area contributed by atoms with E-state index in [0.717, 1.165) is 0 Å². The molecule has 2 amide bonds. The molecule has 0 saturated heterocycles. The second-order valence-corrected chi connectivity index (χ2v) is 3.91. The number of carbonyl (C=O) groups is 1. The Morgan fingerprint density at radius 1 is 1.24 bits per heavy atom. The lowest BCUT2D eigenvalue weighted by molar-refractivity contribution is -0.592. The summed E-state index contributed by atoms with van der Waals surface area (Å²) in [4.78, 5) is 40.2. The number of nitrogens with two attached hydrogens (primary N) is 3. The molecule has 0 aliphatic heterocycles. The molecular formula is C7H9N7O7. The summed E-state index contributed by atoms with van der Waals surface area (Å²) in [6, 6.07) is -3.50. The van der Waals surface area contributed by atoms with E-state index in [4.69, 9.17) is 17.2 Å². The van der Waals surface area contributed by atoms with Crippen molar-refractivity contribution in [3.63, 3.8) is 0 Å². The van der Waals surface area contributed by atoms with Crippen LogP contribution in [0.15, 0.2) is 23.2 Å². The Labute approximate surface area is 114 Å². The van der Waals surface area contributed by atoms with Crippen molar-refractivity contribution in [1.29, 1.82) is 0 Å². The molecular weight excluding hydrogens is 294 g/mol. The molecule has 0 aromatic rings. The van der Waals surface area contributed by atoms with Gasteiger partial charge >= 0.3 is 17.4 Å². The van der Waals surface area contributed by atoms with E-state index in [1.165, 1.54) is 5.32 Å². The molecule has 14 nitrogen and oxygen atoms in total. The largest absolute Gasteiger partial charge is 0.410 e. The Morgan fingerprint density at radius 2 is 1.76 bits per heavy atom. The molecule has 0 aromatic carbocycles. The zero-order valence-electron chi connectivity index (χ0n) is 10.1. The number of amides is 2. The van der Waals surface area contributed by atoms with E-state index in [9.17, 15) is 35.1 Å². The summed E-state index contributed by atoms with van der Waals surface area (Å²) < 4.78 is 0. The van der Waals surface area contributed by atoms with Gasteiger partial charge in [-0.1, -0.05) is 0 Å². The Morgan fingerprint density at radius 3 is 2.10 bits per heavy atom. The number of hydrogen-bond donors (Lipinski definition) is 4. The van der Waals surface area contributed by atoms with Gasteiger partial charge in [0.25, 0.3) is 6.04 Å². The van der Waals surface area contributed by atoms with Crippen LogP contribution in [0.4, 0.5) is 4.79 Å². The van der Waals surface area contributed by atoms with Crippen molar-refractivity contribution in [2.75, 3.05) is 0 Å². The molecule has 0 saturated carbocycles. The number of rotatable bonds is 4. The quantitative estimate of drug-likeness (QED) is 0.245. The van der Waals surface area contributed by atoms with Crippen LogP contribution < -0.4 is 22.5 Å². The first-order valence-electron chi connectivity index (χ1n) is 5.03. The molecule has 21 heavy (non-hydrogen) atoms. The number of carbonyl (C=O) groups excluding carboxylic acids is 1. The lowest BCUT2D eigenvalue weighted by Crippen LogP contribution is -2.61. The molecule has 0 heterocycles. The summed E-state index contributed by atoms with van der Waals surface area (Å²) in [6.07, 6.45) is 0.361. The molecule has 7 N–H and O–H groups in total. The van der Waals surface area contributed by atoms with Gasteiger partial charge < -0.3 is 17.2 Å². The van der Waals surface area contributed by atoms with Gasteiger partial charge in [0.2, 0.25) is 0 Å². The highest BCUT2D eigenvalue weighted by atomic mass is 16.7. The van der Waals surface area contributed by atoms with Crippen LogP contribution in [0.5, 0.6) is 0 Å². The van der Waals surface area contributed by atoms with Gasteiger partial charge in [0.1, 0.15) is 0 Å². The van der Waals surface area contributed by atoms with Crippen LogP contribution in [0.2, 0.25) is 0 Å². The van der Waals surface area contributed by atoms with Gasteiger partial charge in [0.15, 0.2) is 5.70 Å². The van der Waals surface area contributed by atoms with Crippen LogP contribution in [0, 0.1) is 30.3 Å². The summed E-state index contributed by atoms with van der Waals surface area (Å²) in [7, 11) is 0. The summed E-state index contributed by atoms with van der Waals surface area (Å²) in [6.45, 7) is 0. The van der Waals surface area contributed by atoms with Gasteiger partial charge in [0.05, 0.1) is 21.6 Å². The summed E-state index contributed by atoms with van der Waals surface area (Å²) in [5.41, 5.74) is 9.13. The third-order valence-corrected chi connectivity index (χ3v) is 2.62. The number of hydrogen-bond acceptors (Lipinski definition) is 9. The maximum absolute atomic E-state index is 11.2. The molecule has 2 unspecified atom stereocenters. The Bertz CT molecular complexity index is 610. The highest BCUT2D eigenvalue weighted by Gasteiger charge is 2.62. The normalized spacial score (nSPS) is 25.0. The molecule has 0 aromatic heterocycles. The van der Waals surface area contributed by atoms with Gasteiger partial charge in [-0.3, -0.25) is 35.7 Å². The number of primary amides is 1. The molecule has 1 rings (SSSR count). The second kappa shape index (κ2) is 4.91. The molecule has 2 atom stereocenters. The standard InChI is InChI=1S/C7H9N7O7/c8-2-1-7(14(20)21,11-6(10)15)5(13(18)19)3(9)4(2)12(16)17/h1,4H,8-9H2,(H3,10,11,15). The average Bonchev–Trinajstić information content (AvgIpc) is 2.25. The SMILES string of the molecule is NC(=O)NC1([N+](=O)[O-])C=C(N)C([N+](=O)[O-])C(N)=C1[N+](=O)[O-]. The van der Waals surface area contributed by atoms with Crippen LogP contribution in [-0.4, -0.2) is 32.5 Å². The molecule has 1 aliphatic rings. The van der Waals surface area contributed by atoms with E-state index in [-0.39, 0.29) is 0 Å². The number of nitrogens with zero attached hydrogens (tertiary/aromatic N) is 3. The zero-order valence-corrected chi connectivity index (χ0v) is 10.1. The fourth-order valence-electron chi connectivity index (χ4n) is 1.87. The lowest BCUT2D eigenvalue weighted by atomic mass is 9.92. The fourth-order valence-corrected chi connectivity index (χ4v) is 1.87. The van der Waals surface area contributed by atoms with E-state index >= 15 is 0 Å². The topological polar surface area (TPSA) is 237 Å². The van der Waals surface area contributed by atoms with E-state index < -0.39 is 49.6 Å². The first kappa shape index (κ1) is 15.6. The van der Waals surface area contributed by atoms with Crippen LogP contribution in [-0.2, 0) is 0 Å². The van der Waals surface area contributed by atoms with Crippen LogP contribution in [0.3, 0.4) is 0 Å². The Kier molecular flexibility index (Phi) is 3.65. The second-order valence-electron chi connectivity index (χ2n) is 3.91. The van der Waals surface area contributed by atoms with E-state index in [0.29, 0.717) is 6.08 Å². The Hall–Kier alpha value is -3.45. The summed E-state index contributed by atoms with van der Waals surface area (Å²) in [5.74, 6) is 0. The molecule has 0 bridgehead atoms. The minimum atomic E-state index is -2.99. The average molecular weight is 303 g/mol. The van der Waals surface area contributed by atoms with Crippen LogP contribution in [0.1, 0.15) is 0 Å². The van der Waals surface area contributed by atoms with Crippen LogP contribution in [0.25, 0.3) is 0 Å². The number of nitro groups is 3. The van der Waals surface area contributed by atoms with Crippen molar-refractivity contribution < 1.29 is 19.6 Å². The van der Waals surface area contributed by atoms with Crippen molar-refractivity contribution in [2.24, 2.45) is 17.2 Å². The van der Waals surface area contributed by atoms with Crippen molar-refractivity contribution >= 4 is 6.03 Å². The van der Waals surface area contributed by atoms with Crippen molar-refractivity contribution in [3.8, 4) is 0 Å². The highest BCUT2D eigenvalue weighted by molar-refractivity contribution is 5.73. The molecule has 14 heteroatoms. The minimum absolute atomic E-state index is 0.361. The number of nitrogens with one attached hydrogen (secondary N) is 1. The van der Waals surface area contributed by atoms with Crippen molar-refractivity contribution in [3.05, 3.63) is 53.5 Å². The maximum atomic E-state index is 11.2. The maximum Gasteiger partial charge on any atom is 0.410 e. The number of urea groups is 1. The third kappa shape index (κ3) is 2.36. The van der Waals surface area contributed by atoms with Gasteiger partial charge in [-0.25, -0.2) is 4.79 Å².